The molecule has 0 spiro atoms. The maximum atomic E-state index is 14.0. The third kappa shape index (κ3) is 5.90. The Labute approximate surface area is 210 Å². The molecule has 2 aromatic rings. The first-order valence-corrected chi connectivity index (χ1v) is 14.1. The van der Waals surface area contributed by atoms with E-state index in [-0.39, 0.29) is 30.3 Å². The summed E-state index contributed by atoms with van der Waals surface area (Å²) in [5, 5.41) is 3.18. The SMILES string of the molecule is CCC(CC)C(=O)NC(C)c1nc2ccccc2n1CC(=O)N(C1CCCCC1)C1CCCCC1. The molecule has 35 heavy (non-hydrogen) atoms. The Balaban J connectivity index is 1.62. The molecule has 1 atom stereocenters. The van der Waals surface area contributed by atoms with Gasteiger partial charge in [-0.3, -0.25) is 9.59 Å². The molecule has 6 nitrogen and oxygen atoms in total. The van der Waals surface area contributed by atoms with E-state index in [9.17, 15) is 9.59 Å². The molecule has 0 radical (unpaired) electrons. The lowest BCUT2D eigenvalue weighted by Gasteiger charge is -2.42. The quantitative estimate of drug-likeness (QED) is 0.468. The van der Waals surface area contributed by atoms with Crippen LogP contribution < -0.4 is 5.32 Å². The van der Waals surface area contributed by atoms with Crippen molar-refractivity contribution >= 4 is 22.8 Å². The molecule has 2 fully saturated rings. The molecular weight excluding hydrogens is 436 g/mol. The summed E-state index contributed by atoms with van der Waals surface area (Å²) in [7, 11) is 0. The highest BCUT2D eigenvalue weighted by molar-refractivity contribution is 5.82. The van der Waals surface area contributed by atoms with Crippen LogP contribution in [0.15, 0.2) is 24.3 Å². The van der Waals surface area contributed by atoms with Crippen molar-refractivity contribution in [2.24, 2.45) is 5.92 Å². The van der Waals surface area contributed by atoms with Gasteiger partial charge in [0.05, 0.1) is 17.1 Å². The number of hydrogen-bond acceptors (Lipinski definition) is 3. The lowest BCUT2D eigenvalue weighted by Crippen LogP contribution is -2.50. The highest BCUT2D eigenvalue weighted by atomic mass is 16.2. The number of fused-ring (bicyclic) bond motifs is 1. The van der Waals surface area contributed by atoms with Crippen molar-refractivity contribution in [3.8, 4) is 0 Å². The Morgan fingerprint density at radius 1 is 0.971 bits per heavy atom. The summed E-state index contributed by atoms with van der Waals surface area (Å²) in [6.07, 6.45) is 13.6. The third-order valence-corrected chi connectivity index (χ3v) is 8.30. The van der Waals surface area contributed by atoms with Crippen LogP contribution in [0, 0.1) is 5.92 Å². The van der Waals surface area contributed by atoms with Crippen LogP contribution in [0.3, 0.4) is 0 Å². The second-order valence-electron chi connectivity index (χ2n) is 10.7. The summed E-state index contributed by atoms with van der Waals surface area (Å²) in [5.41, 5.74) is 1.84. The predicted molar refractivity (Wildman–Crippen MR) is 141 cm³/mol. The summed E-state index contributed by atoms with van der Waals surface area (Å²) >= 11 is 0. The Morgan fingerprint density at radius 2 is 1.54 bits per heavy atom. The molecule has 1 unspecified atom stereocenters. The maximum absolute atomic E-state index is 14.0. The normalized spacial score (nSPS) is 18.6. The number of aromatic nitrogens is 2. The van der Waals surface area contributed by atoms with Gasteiger partial charge in [0.15, 0.2) is 0 Å². The first-order chi connectivity index (χ1) is 17.0. The molecule has 2 amide bonds. The molecule has 2 aliphatic carbocycles. The molecule has 0 bridgehead atoms. The van der Waals surface area contributed by atoms with Crippen molar-refractivity contribution in [1.82, 2.24) is 19.8 Å². The molecule has 2 saturated carbocycles. The highest BCUT2D eigenvalue weighted by Gasteiger charge is 2.33. The van der Waals surface area contributed by atoms with E-state index in [1.165, 1.54) is 38.5 Å². The van der Waals surface area contributed by atoms with Gasteiger partial charge >= 0.3 is 0 Å². The molecular formula is C29H44N4O2. The minimum Gasteiger partial charge on any atom is -0.346 e. The zero-order chi connectivity index (χ0) is 24.8. The van der Waals surface area contributed by atoms with E-state index in [0.717, 1.165) is 55.4 Å². The zero-order valence-corrected chi connectivity index (χ0v) is 22.0. The van der Waals surface area contributed by atoms with Crippen LogP contribution in [0.4, 0.5) is 0 Å². The van der Waals surface area contributed by atoms with Crippen LogP contribution in [0.5, 0.6) is 0 Å². The minimum absolute atomic E-state index is 0.00463. The fraction of sp³-hybridized carbons (Fsp3) is 0.690. The van der Waals surface area contributed by atoms with Gasteiger partial charge in [0.25, 0.3) is 0 Å². The van der Waals surface area contributed by atoms with Gasteiger partial charge in [-0.05, 0) is 57.6 Å². The molecule has 0 saturated heterocycles. The number of imidazole rings is 1. The van der Waals surface area contributed by atoms with Gasteiger partial charge < -0.3 is 14.8 Å². The number of carbonyl (C=O) groups is 2. The number of nitrogens with zero attached hydrogens (tertiary/aromatic N) is 3. The van der Waals surface area contributed by atoms with E-state index in [4.69, 9.17) is 4.98 Å². The number of amides is 2. The Hall–Kier alpha value is -2.37. The average Bonchev–Trinajstić information content (AvgIpc) is 3.25. The Bertz CT molecular complexity index is 966. The van der Waals surface area contributed by atoms with Crippen LogP contribution in [0.1, 0.15) is 110 Å². The lowest BCUT2D eigenvalue weighted by molar-refractivity contribution is -0.138. The summed E-state index contributed by atoms with van der Waals surface area (Å²) in [4.78, 5) is 34.0. The molecule has 1 aromatic heterocycles. The number of para-hydroxylation sites is 2. The molecule has 1 aromatic carbocycles. The van der Waals surface area contributed by atoms with E-state index in [2.05, 4.69) is 28.6 Å². The summed E-state index contributed by atoms with van der Waals surface area (Å²) in [5.74, 6) is 1.06. The van der Waals surface area contributed by atoms with E-state index in [1.807, 2.05) is 31.2 Å². The summed E-state index contributed by atoms with van der Waals surface area (Å²) in [6, 6.07) is 8.49. The van der Waals surface area contributed by atoms with E-state index in [1.54, 1.807) is 0 Å². The van der Waals surface area contributed by atoms with Gasteiger partial charge in [-0.15, -0.1) is 0 Å². The first-order valence-electron chi connectivity index (χ1n) is 14.1. The molecule has 4 rings (SSSR count). The predicted octanol–water partition coefficient (Wildman–Crippen LogP) is 6.14. The van der Waals surface area contributed by atoms with Crippen LogP contribution in [-0.4, -0.2) is 38.3 Å². The topological polar surface area (TPSA) is 67.2 Å². The zero-order valence-electron chi connectivity index (χ0n) is 22.0. The van der Waals surface area contributed by atoms with Crippen molar-refractivity contribution in [2.45, 2.75) is 122 Å². The molecule has 1 N–H and O–H groups in total. The van der Waals surface area contributed by atoms with Gasteiger partial charge in [0, 0.05) is 18.0 Å². The fourth-order valence-electron chi connectivity index (χ4n) is 6.29. The number of rotatable bonds is 9. The smallest absolute Gasteiger partial charge is 0.243 e. The average molecular weight is 481 g/mol. The summed E-state index contributed by atoms with van der Waals surface area (Å²) < 4.78 is 2.06. The van der Waals surface area contributed by atoms with E-state index in [0.29, 0.717) is 12.1 Å². The second kappa shape index (κ2) is 12.0. The van der Waals surface area contributed by atoms with Gasteiger partial charge in [-0.25, -0.2) is 4.98 Å². The lowest BCUT2D eigenvalue weighted by atomic mass is 9.88. The second-order valence-corrected chi connectivity index (χ2v) is 10.7. The maximum Gasteiger partial charge on any atom is 0.243 e. The molecule has 2 aliphatic rings. The van der Waals surface area contributed by atoms with Gasteiger partial charge in [-0.1, -0.05) is 64.5 Å². The van der Waals surface area contributed by atoms with Crippen molar-refractivity contribution in [1.29, 1.82) is 0 Å². The molecule has 0 aliphatic heterocycles. The Kier molecular flexibility index (Phi) is 8.85. The van der Waals surface area contributed by atoms with Crippen LogP contribution >= 0.6 is 0 Å². The van der Waals surface area contributed by atoms with Crippen molar-refractivity contribution in [2.75, 3.05) is 0 Å². The van der Waals surface area contributed by atoms with E-state index >= 15 is 0 Å². The van der Waals surface area contributed by atoms with Gasteiger partial charge in [-0.2, -0.15) is 0 Å². The van der Waals surface area contributed by atoms with Crippen LogP contribution in [0.25, 0.3) is 11.0 Å². The highest BCUT2D eigenvalue weighted by Crippen LogP contribution is 2.31. The van der Waals surface area contributed by atoms with Crippen LogP contribution in [-0.2, 0) is 16.1 Å². The number of carbonyl (C=O) groups excluding carboxylic acids is 2. The first kappa shape index (κ1) is 25.7. The molecule has 1 heterocycles. The van der Waals surface area contributed by atoms with Crippen molar-refractivity contribution in [3.63, 3.8) is 0 Å². The monoisotopic (exact) mass is 480 g/mol. The number of hydrogen-bond donors (Lipinski definition) is 1. The van der Waals surface area contributed by atoms with E-state index < -0.39 is 0 Å². The molecule has 192 valence electrons. The standard InChI is InChI=1S/C29H44N4O2/c1-4-22(5-2)29(35)30-21(3)28-31-25-18-12-13-19-26(25)32(28)20-27(34)33(23-14-8-6-9-15-23)24-16-10-7-11-17-24/h12-13,18-19,21-24H,4-11,14-17,20H2,1-3H3,(H,30,35). The van der Waals surface area contributed by atoms with Crippen molar-refractivity contribution in [3.05, 3.63) is 30.1 Å². The summed E-state index contributed by atoms with van der Waals surface area (Å²) in [6.45, 7) is 6.38. The number of nitrogens with one attached hydrogen (secondary N) is 1. The largest absolute Gasteiger partial charge is 0.346 e. The minimum atomic E-state index is -0.263. The fourth-order valence-corrected chi connectivity index (χ4v) is 6.29. The van der Waals surface area contributed by atoms with Gasteiger partial charge in [0.1, 0.15) is 12.4 Å². The van der Waals surface area contributed by atoms with Crippen molar-refractivity contribution < 1.29 is 9.59 Å². The van der Waals surface area contributed by atoms with Crippen LogP contribution in [0.2, 0.25) is 0 Å². The molecule has 6 heteroatoms. The third-order valence-electron chi connectivity index (χ3n) is 8.30. The number of benzene rings is 1. The van der Waals surface area contributed by atoms with Gasteiger partial charge in [0.2, 0.25) is 11.8 Å². The Morgan fingerprint density at radius 3 is 2.11 bits per heavy atom.